The minimum absolute atomic E-state index is 0.0743. The van der Waals surface area contributed by atoms with Gasteiger partial charge in [-0.3, -0.25) is 0 Å². The molecule has 1 fully saturated rings. The monoisotopic (exact) mass is 300 g/mol. The molecular weight excluding hydrogens is 284 g/mol. The quantitative estimate of drug-likeness (QED) is 0.901. The van der Waals surface area contributed by atoms with Gasteiger partial charge in [0.05, 0.1) is 5.54 Å². The van der Waals surface area contributed by atoms with Crippen molar-refractivity contribution in [3.8, 4) is 0 Å². The molecule has 1 aliphatic rings. The van der Waals surface area contributed by atoms with Gasteiger partial charge in [-0.05, 0) is 24.6 Å². The summed E-state index contributed by atoms with van der Waals surface area (Å²) in [7, 11) is 0. The summed E-state index contributed by atoms with van der Waals surface area (Å²) in [5.74, 6) is 1.09. The fourth-order valence-electron chi connectivity index (χ4n) is 2.12. The molecule has 0 radical (unpaired) electrons. The van der Waals surface area contributed by atoms with Gasteiger partial charge in [0.2, 0.25) is 0 Å². The maximum absolute atomic E-state index is 5.93. The summed E-state index contributed by atoms with van der Waals surface area (Å²) >= 11 is 5.48. The Kier molecular flexibility index (Phi) is 3.82. The van der Waals surface area contributed by atoms with E-state index in [1.807, 2.05) is 23.9 Å². The summed E-state index contributed by atoms with van der Waals surface area (Å²) in [5.41, 5.74) is 7.15. The summed E-state index contributed by atoms with van der Waals surface area (Å²) < 4.78 is 1.10. The van der Waals surface area contributed by atoms with Gasteiger partial charge in [0.25, 0.3) is 0 Å². The minimum atomic E-state index is 0.0743. The van der Waals surface area contributed by atoms with Crippen LogP contribution in [-0.2, 0) is 0 Å². The lowest BCUT2D eigenvalue weighted by Crippen LogP contribution is -2.45. The first-order chi connectivity index (χ1) is 7.63. The van der Waals surface area contributed by atoms with Crippen molar-refractivity contribution in [1.29, 1.82) is 0 Å². The van der Waals surface area contributed by atoms with Crippen LogP contribution in [-0.4, -0.2) is 23.1 Å². The molecule has 1 aromatic rings. The normalized spacial score (nSPS) is 29.3. The van der Waals surface area contributed by atoms with E-state index >= 15 is 0 Å². The van der Waals surface area contributed by atoms with Gasteiger partial charge >= 0.3 is 0 Å². The predicted octanol–water partition coefficient (Wildman–Crippen LogP) is 3.08. The molecule has 1 heterocycles. The summed E-state index contributed by atoms with van der Waals surface area (Å²) in [5, 5.41) is 4.30. The molecule has 2 unspecified atom stereocenters. The Morgan fingerprint density at radius 3 is 3.00 bits per heavy atom. The Morgan fingerprint density at radius 1 is 1.62 bits per heavy atom. The van der Waals surface area contributed by atoms with Crippen molar-refractivity contribution in [2.45, 2.75) is 24.1 Å². The fraction of sp³-hybridized carbons (Fsp3) is 0.500. The number of benzene rings is 1. The van der Waals surface area contributed by atoms with Gasteiger partial charge in [0, 0.05) is 27.7 Å². The Labute approximate surface area is 109 Å². The molecule has 0 spiro atoms. The highest BCUT2D eigenvalue weighted by Crippen LogP contribution is 2.36. The SMILES string of the molecule is CC1CC(CN)(Nc2cccc(Br)c2)CS1. The second kappa shape index (κ2) is 4.98. The summed E-state index contributed by atoms with van der Waals surface area (Å²) in [6, 6.07) is 8.27. The Bertz CT molecular complexity index is 372. The minimum Gasteiger partial charge on any atom is -0.377 e. The van der Waals surface area contributed by atoms with Crippen LogP contribution in [0.4, 0.5) is 5.69 Å². The summed E-state index contributed by atoms with van der Waals surface area (Å²) in [4.78, 5) is 0. The van der Waals surface area contributed by atoms with Crippen molar-refractivity contribution in [2.75, 3.05) is 17.6 Å². The van der Waals surface area contributed by atoms with Crippen LogP contribution in [0.3, 0.4) is 0 Å². The molecule has 88 valence electrons. The second-order valence-corrected chi connectivity index (χ2v) is 6.79. The van der Waals surface area contributed by atoms with Crippen LogP contribution in [0.1, 0.15) is 13.3 Å². The van der Waals surface area contributed by atoms with E-state index in [0.29, 0.717) is 11.8 Å². The number of rotatable bonds is 3. The Balaban J connectivity index is 2.13. The van der Waals surface area contributed by atoms with Crippen LogP contribution in [0.15, 0.2) is 28.7 Å². The molecule has 2 atom stereocenters. The third-order valence-corrected chi connectivity index (χ3v) is 4.90. The number of hydrogen-bond donors (Lipinski definition) is 2. The van der Waals surface area contributed by atoms with Crippen molar-refractivity contribution >= 4 is 33.4 Å². The summed E-state index contributed by atoms with van der Waals surface area (Å²) in [6.45, 7) is 2.96. The number of anilines is 1. The molecule has 16 heavy (non-hydrogen) atoms. The van der Waals surface area contributed by atoms with Gasteiger partial charge in [0.1, 0.15) is 0 Å². The van der Waals surface area contributed by atoms with Gasteiger partial charge in [-0.25, -0.2) is 0 Å². The first kappa shape index (κ1) is 12.3. The van der Waals surface area contributed by atoms with E-state index < -0.39 is 0 Å². The maximum atomic E-state index is 5.93. The van der Waals surface area contributed by atoms with Crippen LogP contribution in [0.5, 0.6) is 0 Å². The third kappa shape index (κ3) is 2.73. The van der Waals surface area contributed by atoms with Gasteiger partial charge < -0.3 is 11.1 Å². The molecule has 0 aliphatic carbocycles. The van der Waals surface area contributed by atoms with Crippen LogP contribution in [0, 0.1) is 0 Å². The first-order valence-corrected chi connectivity index (χ1v) is 7.33. The molecule has 3 N–H and O–H groups in total. The van der Waals surface area contributed by atoms with Gasteiger partial charge in [-0.1, -0.05) is 28.9 Å². The van der Waals surface area contributed by atoms with Crippen molar-refractivity contribution < 1.29 is 0 Å². The standard InChI is InChI=1S/C12H17BrN2S/c1-9-6-12(7-14,8-16-9)15-11-4-2-3-10(13)5-11/h2-5,9,15H,6-8,14H2,1H3. The zero-order chi connectivity index (χ0) is 11.6. The molecule has 1 aliphatic heterocycles. The highest BCUT2D eigenvalue weighted by Gasteiger charge is 2.36. The van der Waals surface area contributed by atoms with E-state index in [1.54, 1.807) is 0 Å². The average Bonchev–Trinajstić information content (AvgIpc) is 2.61. The van der Waals surface area contributed by atoms with Gasteiger partial charge in [-0.15, -0.1) is 0 Å². The van der Waals surface area contributed by atoms with E-state index in [-0.39, 0.29) is 5.54 Å². The number of nitrogens with two attached hydrogens (primary N) is 1. The van der Waals surface area contributed by atoms with Crippen LogP contribution in [0.2, 0.25) is 0 Å². The van der Waals surface area contributed by atoms with E-state index in [2.05, 4.69) is 40.3 Å². The largest absolute Gasteiger partial charge is 0.377 e. The molecule has 2 nitrogen and oxygen atoms in total. The Morgan fingerprint density at radius 2 is 2.44 bits per heavy atom. The fourth-order valence-corrected chi connectivity index (χ4v) is 3.87. The van der Waals surface area contributed by atoms with E-state index in [4.69, 9.17) is 5.73 Å². The van der Waals surface area contributed by atoms with Crippen molar-refractivity contribution in [1.82, 2.24) is 0 Å². The van der Waals surface area contributed by atoms with E-state index in [1.165, 1.54) is 0 Å². The molecule has 4 heteroatoms. The molecule has 0 amide bonds. The second-order valence-electron chi connectivity index (χ2n) is 4.45. The molecule has 0 aromatic heterocycles. The Hall–Kier alpha value is -0.190. The van der Waals surface area contributed by atoms with Crippen molar-refractivity contribution in [2.24, 2.45) is 5.73 Å². The molecule has 0 saturated carbocycles. The molecule has 1 aromatic carbocycles. The highest BCUT2D eigenvalue weighted by atomic mass is 79.9. The topological polar surface area (TPSA) is 38.0 Å². The molecule has 2 rings (SSSR count). The number of hydrogen-bond acceptors (Lipinski definition) is 3. The van der Waals surface area contributed by atoms with Crippen LogP contribution >= 0.6 is 27.7 Å². The number of thioether (sulfide) groups is 1. The predicted molar refractivity (Wildman–Crippen MR) is 76.1 cm³/mol. The lowest BCUT2D eigenvalue weighted by Gasteiger charge is -2.29. The van der Waals surface area contributed by atoms with Crippen molar-refractivity contribution in [3.05, 3.63) is 28.7 Å². The smallest absolute Gasteiger partial charge is 0.0596 e. The number of nitrogens with one attached hydrogen (secondary N) is 1. The maximum Gasteiger partial charge on any atom is 0.0596 e. The molecular formula is C12H17BrN2S. The zero-order valence-corrected chi connectivity index (χ0v) is 11.8. The van der Waals surface area contributed by atoms with Crippen LogP contribution in [0.25, 0.3) is 0 Å². The van der Waals surface area contributed by atoms with Crippen molar-refractivity contribution in [3.63, 3.8) is 0 Å². The zero-order valence-electron chi connectivity index (χ0n) is 9.37. The highest BCUT2D eigenvalue weighted by molar-refractivity contribution is 9.10. The number of halogens is 1. The van der Waals surface area contributed by atoms with E-state index in [9.17, 15) is 0 Å². The first-order valence-electron chi connectivity index (χ1n) is 5.49. The lowest BCUT2D eigenvalue weighted by atomic mass is 9.96. The summed E-state index contributed by atoms with van der Waals surface area (Å²) in [6.07, 6.45) is 1.14. The third-order valence-electron chi connectivity index (χ3n) is 2.95. The lowest BCUT2D eigenvalue weighted by molar-refractivity contribution is 0.513. The average molecular weight is 301 g/mol. The van der Waals surface area contributed by atoms with Crippen LogP contribution < -0.4 is 11.1 Å². The van der Waals surface area contributed by atoms with E-state index in [0.717, 1.165) is 22.3 Å². The van der Waals surface area contributed by atoms with Gasteiger partial charge in [0.15, 0.2) is 0 Å². The molecule has 0 bridgehead atoms. The van der Waals surface area contributed by atoms with Gasteiger partial charge in [-0.2, -0.15) is 11.8 Å². The molecule has 1 saturated heterocycles.